The van der Waals surface area contributed by atoms with Crippen LogP contribution in [0.15, 0.2) is 34.8 Å². The molecule has 0 fully saturated rings. The fourth-order valence-electron chi connectivity index (χ4n) is 3.32. The maximum Gasteiger partial charge on any atom is 0.298 e. The van der Waals surface area contributed by atoms with Gasteiger partial charge >= 0.3 is 0 Å². The van der Waals surface area contributed by atoms with E-state index in [-0.39, 0.29) is 23.9 Å². The lowest BCUT2D eigenvalue weighted by Gasteiger charge is -2.18. The topological polar surface area (TPSA) is 86.6 Å². The molecule has 0 spiro atoms. The van der Waals surface area contributed by atoms with Gasteiger partial charge in [-0.25, -0.2) is 0 Å². The van der Waals surface area contributed by atoms with E-state index in [2.05, 4.69) is 12.2 Å². The van der Waals surface area contributed by atoms with Crippen LogP contribution in [0.4, 0.5) is 5.69 Å². The maximum atomic E-state index is 13.2. The lowest BCUT2D eigenvalue weighted by Crippen LogP contribution is -2.24. The van der Waals surface area contributed by atoms with Crippen molar-refractivity contribution in [2.24, 2.45) is 0 Å². The molecule has 1 heterocycles. The molecule has 162 valence electrons. The third-order valence-corrected chi connectivity index (χ3v) is 4.80. The number of amides is 1. The summed E-state index contributed by atoms with van der Waals surface area (Å²) < 4.78 is 12.7. The van der Waals surface area contributed by atoms with Crippen molar-refractivity contribution in [3.8, 4) is 11.5 Å². The van der Waals surface area contributed by atoms with Gasteiger partial charge in [-0.05, 0) is 37.6 Å². The second kappa shape index (κ2) is 11.2. The average molecular weight is 415 g/mol. The standard InChI is InChI=1S/C23H30N2O5/c1-5-8-9-10-13-25-20-14-17(24-16(4)27)11-12-19(20)21(30-18(6-2)7-3)22(23(25)28)29-15-26/h6,11-12,14-15H,5,7-10,13H2,1-4H3,(H,24,27). The van der Waals surface area contributed by atoms with Crippen LogP contribution in [0.5, 0.6) is 11.5 Å². The fourth-order valence-corrected chi connectivity index (χ4v) is 3.32. The van der Waals surface area contributed by atoms with Gasteiger partial charge in [0.2, 0.25) is 11.7 Å². The zero-order valence-corrected chi connectivity index (χ0v) is 18.1. The van der Waals surface area contributed by atoms with E-state index in [1.807, 2.05) is 13.8 Å². The molecule has 30 heavy (non-hydrogen) atoms. The van der Waals surface area contributed by atoms with Crippen LogP contribution in [0.3, 0.4) is 0 Å². The van der Waals surface area contributed by atoms with Crippen LogP contribution in [0.25, 0.3) is 10.9 Å². The summed E-state index contributed by atoms with van der Waals surface area (Å²) in [6.07, 6.45) is 6.36. The van der Waals surface area contributed by atoms with Crippen molar-refractivity contribution in [3.63, 3.8) is 0 Å². The first-order valence-electron chi connectivity index (χ1n) is 10.4. The summed E-state index contributed by atoms with van der Waals surface area (Å²) in [5.74, 6) is 0.521. The van der Waals surface area contributed by atoms with Crippen molar-refractivity contribution < 1.29 is 19.1 Å². The van der Waals surface area contributed by atoms with E-state index in [0.29, 0.717) is 35.3 Å². The number of fused-ring (bicyclic) bond motifs is 1. The lowest BCUT2D eigenvalue weighted by atomic mass is 10.1. The van der Waals surface area contributed by atoms with Gasteiger partial charge in [0.1, 0.15) is 0 Å². The van der Waals surface area contributed by atoms with Gasteiger partial charge in [-0.1, -0.05) is 33.1 Å². The summed E-state index contributed by atoms with van der Waals surface area (Å²) in [5, 5.41) is 3.38. The minimum Gasteiger partial charge on any atom is -0.457 e. The number of pyridine rings is 1. The van der Waals surface area contributed by atoms with Crippen LogP contribution < -0.4 is 20.3 Å². The van der Waals surface area contributed by atoms with Crippen LogP contribution in [-0.4, -0.2) is 16.9 Å². The number of ether oxygens (including phenoxy) is 2. The van der Waals surface area contributed by atoms with E-state index in [0.717, 1.165) is 25.7 Å². The average Bonchev–Trinajstić information content (AvgIpc) is 2.72. The molecule has 7 nitrogen and oxygen atoms in total. The third-order valence-electron chi connectivity index (χ3n) is 4.80. The molecule has 0 unspecified atom stereocenters. The van der Waals surface area contributed by atoms with Crippen LogP contribution in [0, 0.1) is 0 Å². The van der Waals surface area contributed by atoms with E-state index < -0.39 is 5.56 Å². The smallest absolute Gasteiger partial charge is 0.298 e. The fraction of sp³-hybridized carbons (Fsp3) is 0.435. The van der Waals surface area contributed by atoms with Crippen molar-refractivity contribution in [2.45, 2.75) is 66.3 Å². The lowest BCUT2D eigenvalue weighted by molar-refractivity contribution is -0.121. The Kier molecular flexibility index (Phi) is 8.65. The number of hydrogen-bond donors (Lipinski definition) is 1. The van der Waals surface area contributed by atoms with Gasteiger partial charge in [-0.15, -0.1) is 0 Å². The second-order valence-electron chi connectivity index (χ2n) is 7.01. The van der Waals surface area contributed by atoms with Gasteiger partial charge in [-0.3, -0.25) is 14.4 Å². The number of anilines is 1. The van der Waals surface area contributed by atoms with Crippen LogP contribution in [0.2, 0.25) is 0 Å². The third kappa shape index (κ3) is 5.49. The Bertz CT molecular complexity index is 991. The Morgan fingerprint density at radius 3 is 2.53 bits per heavy atom. The van der Waals surface area contributed by atoms with Gasteiger partial charge in [0, 0.05) is 31.0 Å². The van der Waals surface area contributed by atoms with Gasteiger partial charge < -0.3 is 19.4 Å². The molecule has 0 aliphatic rings. The number of carbonyl (C=O) groups excluding carboxylic acids is 2. The molecular weight excluding hydrogens is 384 g/mol. The SMILES string of the molecule is CC=C(CC)Oc1c(OC=O)c(=O)n(CCCCCC)c2cc(NC(C)=O)ccc12. The van der Waals surface area contributed by atoms with Gasteiger partial charge in [0.05, 0.1) is 11.3 Å². The molecule has 2 aromatic rings. The number of carbonyl (C=O) groups is 2. The number of hydrogen-bond acceptors (Lipinski definition) is 5. The number of aryl methyl sites for hydroxylation is 1. The first-order valence-corrected chi connectivity index (χ1v) is 10.4. The largest absolute Gasteiger partial charge is 0.457 e. The summed E-state index contributed by atoms with van der Waals surface area (Å²) in [6.45, 7) is 8.03. The van der Waals surface area contributed by atoms with Crippen molar-refractivity contribution in [1.29, 1.82) is 0 Å². The minimum atomic E-state index is -0.437. The molecule has 0 saturated heterocycles. The highest BCUT2D eigenvalue weighted by atomic mass is 16.5. The highest BCUT2D eigenvalue weighted by Crippen LogP contribution is 2.36. The Morgan fingerprint density at radius 1 is 1.17 bits per heavy atom. The zero-order valence-electron chi connectivity index (χ0n) is 18.1. The molecule has 1 N–H and O–H groups in total. The van der Waals surface area contributed by atoms with Gasteiger partial charge in [0.15, 0.2) is 5.75 Å². The monoisotopic (exact) mass is 414 g/mol. The molecule has 0 aliphatic carbocycles. The van der Waals surface area contributed by atoms with Crippen molar-refractivity contribution in [3.05, 3.63) is 40.4 Å². The maximum absolute atomic E-state index is 13.2. The summed E-state index contributed by atoms with van der Waals surface area (Å²) >= 11 is 0. The summed E-state index contributed by atoms with van der Waals surface area (Å²) in [7, 11) is 0. The number of nitrogens with one attached hydrogen (secondary N) is 1. The molecule has 1 amide bonds. The van der Waals surface area contributed by atoms with Crippen LogP contribution in [0.1, 0.15) is 59.8 Å². The summed E-state index contributed by atoms with van der Waals surface area (Å²) in [4.78, 5) is 35.9. The van der Waals surface area contributed by atoms with Gasteiger partial charge in [0.25, 0.3) is 12.0 Å². The Labute approximate surface area is 176 Å². The van der Waals surface area contributed by atoms with Crippen LogP contribution in [-0.2, 0) is 16.1 Å². The van der Waals surface area contributed by atoms with E-state index in [1.54, 1.807) is 28.8 Å². The molecule has 0 aliphatic heterocycles. The first-order chi connectivity index (χ1) is 14.5. The number of nitrogens with zero attached hydrogens (tertiary/aromatic N) is 1. The highest BCUT2D eigenvalue weighted by molar-refractivity contribution is 5.95. The summed E-state index contributed by atoms with van der Waals surface area (Å²) in [6, 6.07) is 5.24. The molecule has 0 bridgehead atoms. The van der Waals surface area contributed by atoms with Crippen LogP contribution >= 0.6 is 0 Å². The van der Waals surface area contributed by atoms with Crippen molar-refractivity contribution in [1.82, 2.24) is 4.57 Å². The summed E-state index contributed by atoms with van der Waals surface area (Å²) in [5.41, 5.74) is 0.753. The zero-order chi connectivity index (χ0) is 22.1. The number of rotatable bonds is 11. The molecular formula is C23H30N2O5. The Morgan fingerprint density at radius 2 is 1.93 bits per heavy atom. The molecule has 7 heteroatoms. The Balaban J connectivity index is 2.73. The van der Waals surface area contributed by atoms with Crippen molar-refractivity contribution >= 4 is 29.0 Å². The predicted molar refractivity (Wildman–Crippen MR) is 118 cm³/mol. The predicted octanol–water partition coefficient (Wildman–Crippen LogP) is 4.77. The van der Waals surface area contributed by atoms with Gasteiger partial charge in [-0.2, -0.15) is 0 Å². The van der Waals surface area contributed by atoms with E-state index in [1.165, 1.54) is 6.92 Å². The number of benzene rings is 1. The first kappa shape index (κ1) is 23.2. The molecule has 0 saturated carbocycles. The molecule has 0 radical (unpaired) electrons. The minimum absolute atomic E-state index is 0.131. The molecule has 1 aromatic carbocycles. The molecule has 2 rings (SSSR count). The highest BCUT2D eigenvalue weighted by Gasteiger charge is 2.21. The normalized spacial score (nSPS) is 11.4. The van der Waals surface area contributed by atoms with E-state index >= 15 is 0 Å². The Hall–Kier alpha value is -3.09. The van der Waals surface area contributed by atoms with Crippen molar-refractivity contribution in [2.75, 3.05) is 5.32 Å². The number of aromatic nitrogens is 1. The van der Waals surface area contributed by atoms with E-state index in [9.17, 15) is 14.4 Å². The molecule has 0 atom stereocenters. The number of unbranched alkanes of at least 4 members (excludes halogenated alkanes) is 3. The quantitative estimate of drug-likeness (QED) is 0.325. The second-order valence-corrected chi connectivity index (χ2v) is 7.01. The molecule has 1 aromatic heterocycles. The number of allylic oxidation sites excluding steroid dienone is 2. The van der Waals surface area contributed by atoms with E-state index in [4.69, 9.17) is 9.47 Å².